The lowest BCUT2D eigenvalue weighted by molar-refractivity contribution is -0.253. The largest absolute Gasteiger partial charge is 0.508 e. The van der Waals surface area contributed by atoms with Crippen molar-refractivity contribution in [2.75, 3.05) is 10.8 Å². The number of benzene rings is 4. The van der Waals surface area contributed by atoms with Crippen LogP contribution in [0.3, 0.4) is 0 Å². The van der Waals surface area contributed by atoms with Crippen molar-refractivity contribution in [3.8, 4) is 11.5 Å². The first-order valence-electron chi connectivity index (χ1n) is 12.1. The minimum absolute atomic E-state index is 0.00942. The molecule has 0 spiro atoms. The normalized spacial score (nSPS) is 11.5. The van der Waals surface area contributed by atoms with Crippen molar-refractivity contribution in [1.29, 1.82) is 0 Å². The van der Waals surface area contributed by atoms with Crippen molar-refractivity contribution >= 4 is 34.3 Å². The summed E-state index contributed by atoms with van der Waals surface area (Å²) in [6, 6.07) is 21.8. The molecule has 0 aromatic heterocycles. The fourth-order valence-corrected chi connectivity index (χ4v) is 4.60. The van der Waals surface area contributed by atoms with Gasteiger partial charge in [-0.1, -0.05) is 29.8 Å². The highest BCUT2D eigenvalue weighted by Crippen LogP contribution is 2.23. The highest BCUT2D eigenvalue weighted by atomic mass is 32.2. The number of rotatable bonds is 12. The van der Waals surface area contributed by atoms with Gasteiger partial charge in [0.2, 0.25) is 11.1 Å². The van der Waals surface area contributed by atoms with Crippen molar-refractivity contribution in [1.82, 2.24) is 0 Å². The van der Waals surface area contributed by atoms with Crippen molar-refractivity contribution in [3.63, 3.8) is 0 Å². The van der Waals surface area contributed by atoms with Crippen LogP contribution in [0.1, 0.15) is 37.4 Å². The summed E-state index contributed by atoms with van der Waals surface area (Å²) in [4.78, 5) is 34.3. The maximum absolute atomic E-state index is 12.9. The van der Waals surface area contributed by atoms with Gasteiger partial charge < -0.3 is 19.7 Å². The molecule has 0 aliphatic carbocycles. The van der Waals surface area contributed by atoms with E-state index in [0.717, 1.165) is 5.56 Å². The van der Waals surface area contributed by atoms with Crippen LogP contribution in [-0.4, -0.2) is 31.6 Å². The summed E-state index contributed by atoms with van der Waals surface area (Å²) >= 11 is -1.95. The maximum Gasteiger partial charge on any atom is 0.336 e. The maximum atomic E-state index is 12.9. The molecule has 0 saturated heterocycles. The molecule has 1 atom stereocenters. The lowest BCUT2D eigenvalue weighted by Crippen LogP contribution is -2.17. The van der Waals surface area contributed by atoms with Crippen LogP contribution in [0.4, 0.5) is 11.4 Å². The van der Waals surface area contributed by atoms with Crippen LogP contribution < -0.4 is 15.0 Å². The van der Waals surface area contributed by atoms with Crippen LogP contribution in [-0.2, 0) is 34.0 Å². The third-order valence-electron chi connectivity index (χ3n) is 5.77. The number of hydrogen-bond acceptors (Lipinski definition) is 9. The molecule has 4 aromatic carbocycles. The van der Waals surface area contributed by atoms with Crippen LogP contribution in [0.15, 0.2) is 89.8 Å². The molecule has 11 nitrogen and oxygen atoms in total. The third-order valence-corrected chi connectivity index (χ3v) is 6.75. The van der Waals surface area contributed by atoms with Crippen LogP contribution >= 0.6 is 0 Å². The highest BCUT2D eigenvalue weighted by Gasteiger charge is 2.17. The summed E-state index contributed by atoms with van der Waals surface area (Å²) in [6.07, 6.45) is 0. The summed E-state index contributed by atoms with van der Waals surface area (Å²) in [5.74, 6) is -1.53. The van der Waals surface area contributed by atoms with Gasteiger partial charge in [-0.25, -0.2) is 13.9 Å². The molecule has 5 N–H and O–H groups in total. The van der Waals surface area contributed by atoms with E-state index in [4.69, 9.17) is 14.3 Å². The van der Waals surface area contributed by atoms with Gasteiger partial charge in [0.25, 0.3) is 5.91 Å². The van der Waals surface area contributed by atoms with E-state index in [1.54, 1.807) is 61.5 Å². The van der Waals surface area contributed by atoms with E-state index in [1.807, 2.05) is 0 Å². The van der Waals surface area contributed by atoms with E-state index < -0.39 is 23.0 Å². The molecular weight excluding hydrogens is 552 g/mol. The fourth-order valence-electron chi connectivity index (χ4n) is 3.81. The van der Waals surface area contributed by atoms with E-state index in [9.17, 15) is 24.0 Å². The number of aryl methyl sites for hydroxylation is 1. The Kier molecular flexibility index (Phi) is 9.66. The first-order chi connectivity index (χ1) is 19.7. The molecule has 0 aliphatic heterocycles. The quantitative estimate of drug-likeness (QED) is 0.110. The molecule has 4 aromatic rings. The van der Waals surface area contributed by atoms with Crippen molar-refractivity contribution < 1.29 is 43.2 Å². The minimum Gasteiger partial charge on any atom is -0.508 e. The number of carbonyl (C=O) groups is 2. The summed E-state index contributed by atoms with van der Waals surface area (Å²) in [5.41, 5.74) is 5.40. The highest BCUT2D eigenvalue weighted by molar-refractivity contribution is 7.80. The minimum atomic E-state index is -1.95. The van der Waals surface area contributed by atoms with E-state index in [1.165, 1.54) is 30.3 Å². The Hall–Kier alpha value is -4.75. The number of anilines is 2. The number of phenols is 1. The average molecular weight is 579 g/mol. The first kappa shape index (κ1) is 29.2. The zero-order chi connectivity index (χ0) is 29.4. The van der Waals surface area contributed by atoms with Crippen molar-refractivity contribution in [3.05, 3.63) is 113 Å². The van der Waals surface area contributed by atoms with E-state index in [2.05, 4.69) is 15.7 Å². The van der Waals surface area contributed by atoms with Crippen LogP contribution in [0, 0.1) is 6.92 Å². The van der Waals surface area contributed by atoms with E-state index >= 15 is 0 Å². The van der Waals surface area contributed by atoms with Crippen molar-refractivity contribution in [2.45, 2.75) is 25.0 Å². The van der Waals surface area contributed by atoms with Crippen molar-refractivity contribution in [2.24, 2.45) is 0 Å². The molecule has 0 fully saturated rings. The zero-order valence-electron chi connectivity index (χ0n) is 21.7. The summed E-state index contributed by atoms with van der Waals surface area (Å²) < 4.78 is 18.5. The van der Waals surface area contributed by atoms with Gasteiger partial charge in [0.15, 0.2) is 0 Å². The molecule has 1 amide bonds. The molecule has 0 bridgehead atoms. The van der Waals surface area contributed by atoms with Gasteiger partial charge in [0, 0.05) is 11.8 Å². The van der Waals surface area contributed by atoms with Crippen LogP contribution in [0.25, 0.3) is 0 Å². The Labute approximate surface area is 237 Å². The predicted molar refractivity (Wildman–Crippen MR) is 150 cm³/mol. The number of carboxylic acids is 1. The number of carboxylic acid groups (broad SMARTS) is 1. The number of hydrogen-bond donors (Lipinski definition) is 5. The SMILES string of the molecule is Cc1ccc(C(=O)O)c(C(=O)Nc2cccc(S(=O)Oc3cccc(NOCc4ccc(O)cc4COO)c3)c2)c1. The molecule has 212 valence electrons. The lowest BCUT2D eigenvalue weighted by atomic mass is 10.0. The summed E-state index contributed by atoms with van der Waals surface area (Å²) in [7, 11) is 0. The molecule has 12 heteroatoms. The van der Waals surface area contributed by atoms with E-state index in [0.29, 0.717) is 22.5 Å². The number of carbonyl (C=O) groups excluding carboxylic acids is 1. The number of phenolic OH excluding ortho intramolecular Hbond substituents is 1. The number of amides is 1. The predicted octanol–water partition coefficient (Wildman–Crippen LogP) is 5.29. The number of nitrogens with one attached hydrogen (secondary N) is 2. The van der Waals surface area contributed by atoms with Gasteiger partial charge in [-0.15, -0.1) is 0 Å². The number of aromatic carboxylic acids is 1. The molecule has 41 heavy (non-hydrogen) atoms. The Bertz CT molecular complexity index is 1590. The van der Waals surface area contributed by atoms with Gasteiger partial charge in [0.1, 0.15) is 18.1 Å². The summed E-state index contributed by atoms with van der Waals surface area (Å²) in [5, 5.41) is 30.4. The second kappa shape index (κ2) is 13.5. The molecule has 4 rings (SSSR count). The second-order valence-electron chi connectivity index (χ2n) is 8.80. The first-order valence-corrected chi connectivity index (χ1v) is 13.2. The Morgan fingerprint density at radius 2 is 1.63 bits per heavy atom. The third kappa shape index (κ3) is 7.90. The monoisotopic (exact) mass is 578 g/mol. The second-order valence-corrected chi connectivity index (χ2v) is 9.91. The Morgan fingerprint density at radius 1 is 0.854 bits per heavy atom. The molecule has 0 radical (unpaired) electrons. The van der Waals surface area contributed by atoms with Crippen LogP contribution in [0.5, 0.6) is 11.5 Å². The Morgan fingerprint density at radius 3 is 2.41 bits per heavy atom. The van der Waals surface area contributed by atoms with Crippen LogP contribution in [0.2, 0.25) is 0 Å². The van der Waals surface area contributed by atoms with Gasteiger partial charge in [-0.3, -0.25) is 20.4 Å². The van der Waals surface area contributed by atoms with Gasteiger partial charge in [-0.05, 0) is 72.6 Å². The fraction of sp³-hybridized carbons (Fsp3) is 0.103. The van der Waals surface area contributed by atoms with Gasteiger partial charge >= 0.3 is 5.97 Å². The summed E-state index contributed by atoms with van der Waals surface area (Å²) in [6.45, 7) is 1.72. The molecule has 0 saturated carbocycles. The molecular formula is C29H26N2O9S. The van der Waals surface area contributed by atoms with E-state index in [-0.39, 0.29) is 40.7 Å². The smallest absolute Gasteiger partial charge is 0.336 e. The average Bonchev–Trinajstić information content (AvgIpc) is 2.94. The van der Waals surface area contributed by atoms with Gasteiger partial charge in [-0.2, -0.15) is 0 Å². The lowest BCUT2D eigenvalue weighted by Gasteiger charge is -2.12. The van der Waals surface area contributed by atoms with Gasteiger partial charge in [0.05, 0.1) is 28.3 Å². The molecule has 0 aliphatic rings. The Balaban J connectivity index is 1.39. The standard InChI is InChI=1S/C29H26N2O9S/c1-18-8-11-26(29(34)35)27(12-18)28(33)30-21-4-3-7-25(15-21)41(37)40-24-6-2-5-22(14-24)31-38-16-19-9-10-23(32)13-20(19)17-39-36/h2-15,31-32,36H,16-17H2,1H3,(H,30,33)(H,34,35). The topological polar surface area (TPSA) is 164 Å². The zero-order valence-corrected chi connectivity index (χ0v) is 22.5. The number of aromatic hydroxyl groups is 1. The molecule has 1 unspecified atom stereocenters. The molecule has 0 heterocycles.